The van der Waals surface area contributed by atoms with Crippen LogP contribution in [0.2, 0.25) is 5.15 Å². The highest BCUT2D eigenvalue weighted by atomic mass is 79.9. The molecule has 6 heteroatoms. The van der Waals surface area contributed by atoms with Gasteiger partial charge in [0.05, 0.1) is 10.7 Å². The first-order valence-corrected chi connectivity index (χ1v) is 4.46. The van der Waals surface area contributed by atoms with Gasteiger partial charge in [0.2, 0.25) is 0 Å². The van der Waals surface area contributed by atoms with E-state index >= 15 is 0 Å². The second-order valence-electron chi connectivity index (χ2n) is 2.71. The van der Waals surface area contributed by atoms with Gasteiger partial charge in [0, 0.05) is 6.42 Å². The van der Waals surface area contributed by atoms with Crippen molar-refractivity contribution in [3.8, 4) is 0 Å². The minimum absolute atomic E-state index is 0.166. The van der Waals surface area contributed by atoms with Crippen molar-refractivity contribution in [3.05, 3.63) is 15.8 Å². The lowest BCUT2D eigenvalue weighted by Crippen LogP contribution is -2.03. The van der Waals surface area contributed by atoms with Gasteiger partial charge < -0.3 is 0 Å². The molecule has 0 aliphatic heterocycles. The summed E-state index contributed by atoms with van der Waals surface area (Å²) in [5.41, 5.74) is 0. The summed E-state index contributed by atoms with van der Waals surface area (Å²) in [5.74, 6) is -2.63. The van der Waals surface area contributed by atoms with Crippen LogP contribution in [0.4, 0.5) is 8.78 Å². The Morgan fingerprint density at radius 3 is 2.67 bits per heavy atom. The monoisotopic (exact) mass is 256 g/mol. The van der Waals surface area contributed by atoms with Crippen molar-refractivity contribution in [2.24, 2.45) is 0 Å². The molecule has 12 heavy (non-hydrogen) atoms. The number of alkyl halides is 2. The highest BCUT2D eigenvalue weighted by Gasteiger charge is 2.59. The van der Waals surface area contributed by atoms with Crippen molar-refractivity contribution in [2.75, 3.05) is 0 Å². The van der Waals surface area contributed by atoms with Crippen LogP contribution in [0.25, 0.3) is 0 Å². The maximum Gasteiger partial charge on any atom is 0.272 e. The zero-order valence-electron chi connectivity index (χ0n) is 5.77. The van der Waals surface area contributed by atoms with Crippen LogP contribution in [-0.4, -0.2) is 15.7 Å². The van der Waals surface area contributed by atoms with Gasteiger partial charge in [0.25, 0.3) is 5.92 Å². The van der Waals surface area contributed by atoms with Crippen LogP contribution in [0.1, 0.15) is 12.5 Å². The summed E-state index contributed by atoms with van der Waals surface area (Å²) in [7, 11) is 0. The van der Waals surface area contributed by atoms with Crippen molar-refractivity contribution in [1.29, 1.82) is 0 Å². The Hall–Kier alpha value is -0.160. The van der Waals surface area contributed by atoms with Gasteiger partial charge in [-0.15, -0.1) is 0 Å². The molecule has 1 aromatic heterocycles. The van der Waals surface area contributed by atoms with Crippen LogP contribution in [0.5, 0.6) is 0 Å². The van der Waals surface area contributed by atoms with Crippen LogP contribution in [0.3, 0.4) is 0 Å². The predicted molar refractivity (Wildman–Crippen MR) is 43.5 cm³/mol. The SMILES string of the molecule is FC1(F)C[C@@H]1n1ncc(Br)c1Cl. The van der Waals surface area contributed by atoms with E-state index in [0.717, 1.165) is 4.68 Å². The first-order chi connectivity index (χ1) is 5.52. The Kier molecular flexibility index (Phi) is 1.70. The Labute approximate surface area is 80.6 Å². The van der Waals surface area contributed by atoms with E-state index in [-0.39, 0.29) is 11.6 Å². The quantitative estimate of drug-likeness (QED) is 0.756. The second-order valence-corrected chi connectivity index (χ2v) is 3.92. The molecule has 0 saturated heterocycles. The number of nitrogens with zero attached hydrogens (tertiary/aromatic N) is 2. The summed E-state index contributed by atoms with van der Waals surface area (Å²) in [6, 6.07) is -0.851. The molecule has 1 aliphatic carbocycles. The molecule has 66 valence electrons. The lowest BCUT2D eigenvalue weighted by atomic mass is 10.6. The number of halogens is 4. The summed E-state index contributed by atoms with van der Waals surface area (Å²) < 4.78 is 26.8. The smallest absolute Gasteiger partial charge is 0.243 e. The van der Waals surface area contributed by atoms with Gasteiger partial charge in [0.15, 0.2) is 0 Å². The Balaban J connectivity index is 2.31. The number of aromatic nitrogens is 2. The van der Waals surface area contributed by atoms with Crippen molar-refractivity contribution >= 4 is 27.5 Å². The topological polar surface area (TPSA) is 17.8 Å². The van der Waals surface area contributed by atoms with Gasteiger partial charge in [-0.1, -0.05) is 11.6 Å². The van der Waals surface area contributed by atoms with Gasteiger partial charge >= 0.3 is 0 Å². The summed E-state index contributed by atoms with van der Waals surface area (Å²) in [6.45, 7) is 0. The average Bonchev–Trinajstić information content (AvgIpc) is 2.47. The van der Waals surface area contributed by atoms with E-state index < -0.39 is 12.0 Å². The Morgan fingerprint density at radius 2 is 2.33 bits per heavy atom. The van der Waals surface area contributed by atoms with E-state index in [0.29, 0.717) is 4.47 Å². The predicted octanol–water partition coefficient (Wildman–Crippen LogP) is 2.88. The summed E-state index contributed by atoms with van der Waals surface area (Å²) in [6.07, 6.45) is 1.25. The molecule has 0 spiro atoms. The Bertz CT molecular complexity index is 325. The van der Waals surface area contributed by atoms with Gasteiger partial charge in [-0.2, -0.15) is 5.10 Å². The fourth-order valence-corrected chi connectivity index (χ4v) is 1.49. The number of hydrogen-bond donors (Lipinski definition) is 0. The standard InChI is InChI=1S/C6H4BrClF2N2/c7-3-2-11-12(5(3)8)4-1-6(4,9)10/h2,4H,1H2/t4-/m0/s1. The molecular formula is C6H4BrClF2N2. The molecule has 1 aromatic rings. The fraction of sp³-hybridized carbons (Fsp3) is 0.500. The lowest BCUT2D eigenvalue weighted by Gasteiger charge is -1.99. The minimum atomic E-state index is -2.63. The van der Waals surface area contributed by atoms with Crippen LogP contribution in [0.15, 0.2) is 10.7 Å². The number of rotatable bonds is 1. The summed E-state index contributed by atoms with van der Waals surface area (Å²) in [5, 5.41) is 3.96. The summed E-state index contributed by atoms with van der Waals surface area (Å²) in [4.78, 5) is 0. The third kappa shape index (κ3) is 1.15. The maximum absolute atomic E-state index is 12.5. The molecule has 0 radical (unpaired) electrons. The molecule has 1 aliphatic rings. The second kappa shape index (κ2) is 2.42. The molecule has 1 fully saturated rings. The van der Waals surface area contributed by atoms with Gasteiger partial charge in [0.1, 0.15) is 11.2 Å². The van der Waals surface area contributed by atoms with Crippen molar-refractivity contribution in [1.82, 2.24) is 9.78 Å². The molecular weight excluding hydrogens is 253 g/mol. The first kappa shape index (κ1) is 8.44. The average molecular weight is 257 g/mol. The van der Waals surface area contributed by atoms with Crippen molar-refractivity contribution < 1.29 is 8.78 Å². The van der Waals surface area contributed by atoms with E-state index in [1.54, 1.807) is 0 Å². The molecule has 2 rings (SSSR count). The normalized spacial score (nSPS) is 25.8. The van der Waals surface area contributed by atoms with Gasteiger partial charge in [-0.05, 0) is 15.9 Å². The Morgan fingerprint density at radius 1 is 1.75 bits per heavy atom. The van der Waals surface area contributed by atoms with E-state index in [1.807, 2.05) is 0 Å². The van der Waals surface area contributed by atoms with Crippen LogP contribution in [0, 0.1) is 0 Å². The lowest BCUT2D eigenvalue weighted by molar-refractivity contribution is 0.0984. The number of hydrogen-bond acceptors (Lipinski definition) is 1. The van der Waals surface area contributed by atoms with E-state index in [1.165, 1.54) is 6.20 Å². The van der Waals surface area contributed by atoms with Crippen LogP contribution < -0.4 is 0 Å². The van der Waals surface area contributed by atoms with Gasteiger partial charge in [-0.25, -0.2) is 13.5 Å². The molecule has 0 unspecified atom stereocenters. The van der Waals surface area contributed by atoms with E-state index in [9.17, 15) is 8.78 Å². The highest BCUT2D eigenvalue weighted by Crippen LogP contribution is 2.53. The molecule has 0 amide bonds. The molecule has 0 N–H and O–H groups in total. The van der Waals surface area contributed by atoms with E-state index in [4.69, 9.17) is 11.6 Å². The maximum atomic E-state index is 12.5. The van der Waals surface area contributed by atoms with Crippen LogP contribution >= 0.6 is 27.5 Å². The molecule has 0 aromatic carbocycles. The zero-order valence-corrected chi connectivity index (χ0v) is 8.11. The highest BCUT2D eigenvalue weighted by molar-refractivity contribution is 9.10. The van der Waals surface area contributed by atoms with Gasteiger partial charge in [-0.3, -0.25) is 0 Å². The van der Waals surface area contributed by atoms with E-state index in [2.05, 4.69) is 21.0 Å². The van der Waals surface area contributed by atoms with Crippen LogP contribution in [-0.2, 0) is 0 Å². The minimum Gasteiger partial charge on any atom is -0.243 e. The third-order valence-electron chi connectivity index (χ3n) is 1.78. The van der Waals surface area contributed by atoms with Crippen molar-refractivity contribution in [2.45, 2.75) is 18.4 Å². The largest absolute Gasteiger partial charge is 0.272 e. The molecule has 0 bridgehead atoms. The molecule has 1 atom stereocenters. The zero-order chi connectivity index (χ0) is 8.93. The third-order valence-corrected chi connectivity index (χ3v) is 2.97. The molecule has 1 heterocycles. The molecule has 2 nitrogen and oxygen atoms in total. The summed E-state index contributed by atoms with van der Waals surface area (Å²) >= 11 is 8.78. The first-order valence-electron chi connectivity index (χ1n) is 3.29. The van der Waals surface area contributed by atoms with Crippen molar-refractivity contribution in [3.63, 3.8) is 0 Å². The molecule has 1 saturated carbocycles. The fourth-order valence-electron chi connectivity index (χ4n) is 1.01.